The van der Waals surface area contributed by atoms with Gasteiger partial charge in [0.05, 0.1) is 7.11 Å². The van der Waals surface area contributed by atoms with Gasteiger partial charge in [-0.3, -0.25) is 4.90 Å². The Bertz CT molecular complexity index is 422. The van der Waals surface area contributed by atoms with E-state index >= 15 is 0 Å². The number of benzene rings is 1. The van der Waals surface area contributed by atoms with Gasteiger partial charge in [0, 0.05) is 19.1 Å². The lowest BCUT2D eigenvalue weighted by molar-refractivity contribution is 0.189. The molecule has 2 N–H and O–H groups in total. The number of hydrogen-bond donors (Lipinski definition) is 2. The molecule has 1 rings (SSSR count). The fourth-order valence-corrected chi connectivity index (χ4v) is 2.24. The van der Waals surface area contributed by atoms with Crippen LogP contribution in [0.2, 0.25) is 0 Å². The molecular formula is C15H26BNO3. The van der Waals surface area contributed by atoms with Gasteiger partial charge < -0.3 is 14.8 Å². The Hall–Kier alpha value is -1.04. The van der Waals surface area contributed by atoms with Crippen molar-refractivity contribution in [2.75, 3.05) is 13.7 Å². The zero-order valence-electron chi connectivity index (χ0n) is 13.1. The number of ether oxygens (including phenoxy) is 1. The van der Waals surface area contributed by atoms with E-state index in [-0.39, 0.29) is 0 Å². The Kier molecular flexibility index (Phi) is 6.53. The Morgan fingerprint density at radius 1 is 1.20 bits per heavy atom. The molecule has 112 valence electrons. The van der Waals surface area contributed by atoms with Crippen LogP contribution in [0.3, 0.4) is 0 Å². The molecule has 0 radical (unpaired) electrons. The molecule has 0 unspecified atom stereocenters. The van der Waals surface area contributed by atoms with Crippen LogP contribution in [-0.4, -0.2) is 41.8 Å². The molecule has 0 heterocycles. The molecule has 0 atom stereocenters. The average molecular weight is 279 g/mol. The Labute approximate surface area is 122 Å². The Balaban J connectivity index is 3.02. The normalized spacial score (nSPS) is 11.5. The number of rotatable bonds is 7. The van der Waals surface area contributed by atoms with Crippen molar-refractivity contribution in [1.29, 1.82) is 0 Å². The largest absolute Gasteiger partial charge is 0.497 e. The molecular weight excluding hydrogens is 253 g/mol. The molecule has 5 heteroatoms. The van der Waals surface area contributed by atoms with Gasteiger partial charge in [0.15, 0.2) is 0 Å². The molecule has 0 aliphatic rings. The highest BCUT2D eigenvalue weighted by Crippen LogP contribution is 2.15. The molecule has 1 aromatic rings. The first-order chi connectivity index (χ1) is 9.35. The standard InChI is InChI=1S/C15H26BNO3/c1-11(2)9-17(12(3)4)10-13-8-14(20-5)6-7-15(13)16(18)19/h6-8,11-12,18-19H,9-10H2,1-5H3. The second-order valence-electron chi connectivity index (χ2n) is 5.86. The van der Waals surface area contributed by atoms with E-state index in [1.54, 1.807) is 19.2 Å². The van der Waals surface area contributed by atoms with Crippen molar-refractivity contribution in [1.82, 2.24) is 4.90 Å². The van der Waals surface area contributed by atoms with Gasteiger partial charge in [-0.1, -0.05) is 19.9 Å². The lowest BCUT2D eigenvalue weighted by Gasteiger charge is -2.29. The first-order valence-electron chi connectivity index (χ1n) is 7.12. The first kappa shape index (κ1) is 17.0. The molecule has 4 nitrogen and oxygen atoms in total. The molecule has 0 saturated carbocycles. The summed E-state index contributed by atoms with van der Waals surface area (Å²) in [5, 5.41) is 19.0. The molecule has 0 saturated heterocycles. The summed E-state index contributed by atoms with van der Waals surface area (Å²) in [5.41, 5.74) is 1.44. The average Bonchev–Trinajstić information content (AvgIpc) is 2.36. The quantitative estimate of drug-likeness (QED) is 0.737. The molecule has 1 aromatic carbocycles. The van der Waals surface area contributed by atoms with E-state index in [0.717, 1.165) is 17.9 Å². The topological polar surface area (TPSA) is 52.9 Å². The van der Waals surface area contributed by atoms with Crippen LogP contribution in [0.25, 0.3) is 0 Å². The van der Waals surface area contributed by atoms with Crippen LogP contribution < -0.4 is 10.2 Å². The summed E-state index contributed by atoms with van der Waals surface area (Å²) < 4.78 is 5.23. The van der Waals surface area contributed by atoms with Gasteiger partial charge >= 0.3 is 7.12 Å². The van der Waals surface area contributed by atoms with E-state index in [4.69, 9.17) is 4.74 Å². The van der Waals surface area contributed by atoms with Crippen LogP contribution in [0.4, 0.5) is 0 Å². The second-order valence-corrected chi connectivity index (χ2v) is 5.86. The highest BCUT2D eigenvalue weighted by molar-refractivity contribution is 6.59. The maximum atomic E-state index is 9.50. The van der Waals surface area contributed by atoms with Crippen molar-refractivity contribution in [3.63, 3.8) is 0 Å². The van der Waals surface area contributed by atoms with Crippen LogP contribution in [0.5, 0.6) is 5.75 Å². The molecule has 0 aliphatic heterocycles. The van der Waals surface area contributed by atoms with Crippen LogP contribution in [0, 0.1) is 5.92 Å². The third-order valence-corrected chi connectivity index (χ3v) is 3.33. The lowest BCUT2D eigenvalue weighted by atomic mass is 9.76. The molecule has 0 fully saturated rings. The third kappa shape index (κ3) is 4.82. The number of hydrogen-bond acceptors (Lipinski definition) is 4. The smallest absolute Gasteiger partial charge is 0.488 e. The van der Waals surface area contributed by atoms with Crippen LogP contribution >= 0.6 is 0 Å². The summed E-state index contributed by atoms with van der Waals surface area (Å²) in [5.74, 6) is 1.29. The van der Waals surface area contributed by atoms with Crippen LogP contribution in [-0.2, 0) is 6.54 Å². The molecule has 0 amide bonds. The maximum absolute atomic E-state index is 9.50. The predicted octanol–water partition coefficient (Wildman–Crippen LogP) is 1.24. The first-order valence-corrected chi connectivity index (χ1v) is 7.12. The van der Waals surface area contributed by atoms with E-state index in [0.29, 0.717) is 24.0 Å². The van der Waals surface area contributed by atoms with Crippen molar-refractivity contribution in [2.45, 2.75) is 40.3 Å². The fourth-order valence-electron chi connectivity index (χ4n) is 2.24. The minimum atomic E-state index is -1.45. The SMILES string of the molecule is COc1ccc(B(O)O)c(CN(CC(C)C)C(C)C)c1. The monoisotopic (exact) mass is 279 g/mol. The van der Waals surface area contributed by atoms with E-state index in [1.165, 1.54) is 0 Å². The summed E-state index contributed by atoms with van der Waals surface area (Å²) in [4.78, 5) is 2.32. The summed E-state index contributed by atoms with van der Waals surface area (Å²) in [6.45, 7) is 10.3. The van der Waals surface area contributed by atoms with E-state index in [9.17, 15) is 10.0 Å². The van der Waals surface area contributed by atoms with Crippen molar-refractivity contribution >= 4 is 12.6 Å². The van der Waals surface area contributed by atoms with Gasteiger partial charge in [-0.2, -0.15) is 0 Å². The lowest BCUT2D eigenvalue weighted by Crippen LogP contribution is -2.39. The van der Waals surface area contributed by atoms with Gasteiger partial charge in [-0.25, -0.2) is 0 Å². The Morgan fingerprint density at radius 3 is 2.30 bits per heavy atom. The van der Waals surface area contributed by atoms with Gasteiger partial charge in [0.25, 0.3) is 0 Å². The van der Waals surface area contributed by atoms with Gasteiger partial charge in [-0.05, 0) is 42.9 Å². The third-order valence-electron chi connectivity index (χ3n) is 3.33. The van der Waals surface area contributed by atoms with E-state index in [1.807, 2.05) is 6.07 Å². The van der Waals surface area contributed by atoms with Crippen molar-refractivity contribution in [2.24, 2.45) is 5.92 Å². The second kappa shape index (κ2) is 7.67. The molecule has 0 aromatic heterocycles. The number of nitrogens with zero attached hydrogens (tertiary/aromatic N) is 1. The minimum absolute atomic E-state index is 0.396. The number of methoxy groups -OCH3 is 1. The van der Waals surface area contributed by atoms with Crippen LogP contribution in [0.1, 0.15) is 33.3 Å². The van der Waals surface area contributed by atoms with Crippen molar-refractivity contribution < 1.29 is 14.8 Å². The zero-order valence-corrected chi connectivity index (χ0v) is 13.1. The van der Waals surface area contributed by atoms with E-state index < -0.39 is 7.12 Å². The molecule has 20 heavy (non-hydrogen) atoms. The highest BCUT2D eigenvalue weighted by atomic mass is 16.5. The molecule has 0 bridgehead atoms. The van der Waals surface area contributed by atoms with Crippen molar-refractivity contribution in [3.05, 3.63) is 23.8 Å². The summed E-state index contributed by atoms with van der Waals surface area (Å²) in [6.07, 6.45) is 0. The molecule has 0 aliphatic carbocycles. The summed E-state index contributed by atoms with van der Waals surface area (Å²) >= 11 is 0. The van der Waals surface area contributed by atoms with E-state index in [2.05, 4.69) is 32.6 Å². The maximum Gasteiger partial charge on any atom is 0.488 e. The van der Waals surface area contributed by atoms with Gasteiger partial charge in [0.2, 0.25) is 0 Å². The molecule has 0 spiro atoms. The fraction of sp³-hybridized carbons (Fsp3) is 0.600. The van der Waals surface area contributed by atoms with Crippen molar-refractivity contribution in [3.8, 4) is 5.75 Å². The van der Waals surface area contributed by atoms with Crippen LogP contribution in [0.15, 0.2) is 18.2 Å². The summed E-state index contributed by atoms with van der Waals surface area (Å²) in [6, 6.07) is 5.74. The Morgan fingerprint density at radius 2 is 1.85 bits per heavy atom. The summed E-state index contributed by atoms with van der Waals surface area (Å²) in [7, 11) is 0.159. The highest BCUT2D eigenvalue weighted by Gasteiger charge is 2.20. The predicted molar refractivity (Wildman–Crippen MR) is 83.2 cm³/mol. The minimum Gasteiger partial charge on any atom is -0.497 e. The van der Waals surface area contributed by atoms with Gasteiger partial charge in [-0.15, -0.1) is 0 Å². The van der Waals surface area contributed by atoms with Gasteiger partial charge in [0.1, 0.15) is 5.75 Å². The zero-order chi connectivity index (χ0) is 15.3.